The number of carbonyl (C=O) groups excluding carboxylic acids is 2. The van der Waals surface area contributed by atoms with Crippen LogP contribution in [-0.2, 0) is 16.0 Å². The molecule has 0 spiro atoms. The fourth-order valence-corrected chi connectivity index (χ4v) is 1.56. The lowest BCUT2D eigenvalue weighted by atomic mass is 10.1. The molecule has 0 saturated heterocycles. The Balaban J connectivity index is 0.00000361. The summed E-state index contributed by atoms with van der Waals surface area (Å²) < 4.78 is 5.21. The molecular weight excluding hydrogens is 282 g/mol. The standard InChI is InChI=1S/C13H19N3O3.ClH/c1-19-11-5-3-2-4-10(11)6-7-15-13(18)9-16-12(17)8-14;/h2-5H,6-9,14H2,1H3,(H,15,18)(H,16,17);1H. The monoisotopic (exact) mass is 301 g/mol. The van der Waals surface area contributed by atoms with Crippen molar-refractivity contribution < 1.29 is 14.3 Å². The Morgan fingerprint density at radius 3 is 2.55 bits per heavy atom. The van der Waals surface area contributed by atoms with Crippen molar-refractivity contribution in [2.24, 2.45) is 5.73 Å². The van der Waals surface area contributed by atoms with Crippen molar-refractivity contribution in [3.05, 3.63) is 29.8 Å². The van der Waals surface area contributed by atoms with Gasteiger partial charge in [-0.3, -0.25) is 9.59 Å². The molecule has 0 atom stereocenters. The predicted molar refractivity (Wildman–Crippen MR) is 79.0 cm³/mol. The number of benzene rings is 1. The fourth-order valence-electron chi connectivity index (χ4n) is 1.56. The van der Waals surface area contributed by atoms with E-state index in [0.29, 0.717) is 13.0 Å². The maximum atomic E-state index is 11.4. The first-order valence-electron chi connectivity index (χ1n) is 6.02. The Hall–Kier alpha value is -1.79. The normalized spacial score (nSPS) is 9.30. The molecule has 112 valence electrons. The van der Waals surface area contributed by atoms with Crippen molar-refractivity contribution in [3.8, 4) is 5.75 Å². The number of para-hydroxylation sites is 1. The molecule has 0 aliphatic heterocycles. The van der Waals surface area contributed by atoms with Gasteiger partial charge in [-0.1, -0.05) is 18.2 Å². The van der Waals surface area contributed by atoms with E-state index in [-0.39, 0.29) is 37.3 Å². The number of nitrogens with two attached hydrogens (primary N) is 1. The molecule has 6 nitrogen and oxygen atoms in total. The van der Waals surface area contributed by atoms with Crippen molar-refractivity contribution in [2.45, 2.75) is 6.42 Å². The minimum absolute atomic E-state index is 0. The molecule has 1 rings (SSSR count). The summed E-state index contributed by atoms with van der Waals surface area (Å²) in [6.45, 7) is 0.314. The zero-order valence-electron chi connectivity index (χ0n) is 11.3. The number of rotatable bonds is 7. The second-order valence-corrected chi connectivity index (χ2v) is 3.89. The molecule has 0 heterocycles. The highest BCUT2D eigenvalue weighted by atomic mass is 35.5. The van der Waals surface area contributed by atoms with Gasteiger partial charge >= 0.3 is 0 Å². The molecule has 0 unspecified atom stereocenters. The Morgan fingerprint density at radius 2 is 1.90 bits per heavy atom. The average Bonchev–Trinajstić information content (AvgIpc) is 2.45. The van der Waals surface area contributed by atoms with E-state index in [0.717, 1.165) is 11.3 Å². The number of halogens is 1. The number of nitrogens with one attached hydrogen (secondary N) is 2. The van der Waals surface area contributed by atoms with Crippen LogP contribution in [0.3, 0.4) is 0 Å². The van der Waals surface area contributed by atoms with Crippen LogP contribution in [0.15, 0.2) is 24.3 Å². The smallest absolute Gasteiger partial charge is 0.239 e. The second kappa shape index (κ2) is 10.1. The molecule has 0 bridgehead atoms. The lowest BCUT2D eigenvalue weighted by Crippen LogP contribution is -2.40. The third kappa shape index (κ3) is 6.40. The van der Waals surface area contributed by atoms with E-state index >= 15 is 0 Å². The van der Waals surface area contributed by atoms with Gasteiger partial charge in [0.2, 0.25) is 11.8 Å². The van der Waals surface area contributed by atoms with Gasteiger partial charge in [-0.2, -0.15) is 0 Å². The van der Waals surface area contributed by atoms with Gasteiger partial charge in [0.15, 0.2) is 0 Å². The van der Waals surface area contributed by atoms with Gasteiger partial charge in [0.25, 0.3) is 0 Å². The van der Waals surface area contributed by atoms with Gasteiger partial charge in [-0.15, -0.1) is 12.4 Å². The molecule has 1 aromatic rings. The van der Waals surface area contributed by atoms with Crippen molar-refractivity contribution >= 4 is 24.2 Å². The largest absolute Gasteiger partial charge is 0.496 e. The van der Waals surface area contributed by atoms with Crippen LogP contribution in [0.2, 0.25) is 0 Å². The Labute approximate surface area is 124 Å². The van der Waals surface area contributed by atoms with Crippen LogP contribution < -0.4 is 21.1 Å². The van der Waals surface area contributed by atoms with Crippen molar-refractivity contribution in [3.63, 3.8) is 0 Å². The van der Waals surface area contributed by atoms with Crippen molar-refractivity contribution in [2.75, 3.05) is 26.7 Å². The number of methoxy groups -OCH3 is 1. The van der Waals surface area contributed by atoms with Crippen molar-refractivity contribution in [1.82, 2.24) is 10.6 Å². The first-order chi connectivity index (χ1) is 9.17. The quantitative estimate of drug-likeness (QED) is 0.653. The summed E-state index contributed by atoms with van der Waals surface area (Å²) in [5, 5.41) is 5.11. The minimum atomic E-state index is -0.347. The molecule has 2 amide bonds. The predicted octanol–water partition coefficient (Wildman–Crippen LogP) is -0.149. The summed E-state index contributed by atoms with van der Waals surface area (Å²) in [6.07, 6.45) is 0.667. The Kier molecular flexibility index (Phi) is 9.15. The summed E-state index contributed by atoms with van der Waals surface area (Å²) in [5.41, 5.74) is 6.13. The molecular formula is C13H20ClN3O3. The molecule has 0 saturated carbocycles. The van der Waals surface area contributed by atoms with E-state index in [1.807, 2.05) is 24.3 Å². The van der Waals surface area contributed by atoms with Crippen LogP contribution in [0.25, 0.3) is 0 Å². The zero-order chi connectivity index (χ0) is 14.1. The van der Waals surface area contributed by atoms with E-state index in [9.17, 15) is 9.59 Å². The summed E-state index contributed by atoms with van der Waals surface area (Å²) >= 11 is 0. The molecule has 1 aromatic carbocycles. The summed E-state index contributed by atoms with van der Waals surface area (Å²) in [4.78, 5) is 22.3. The van der Waals surface area contributed by atoms with Crippen LogP contribution in [0.1, 0.15) is 5.56 Å². The van der Waals surface area contributed by atoms with Gasteiger partial charge in [0, 0.05) is 6.54 Å². The highest BCUT2D eigenvalue weighted by Crippen LogP contribution is 2.16. The van der Waals surface area contributed by atoms with Gasteiger partial charge < -0.3 is 21.1 Å². The van der Waals surface area contributed by atoms with Crippen LogP contribution >= 0.6 is 12.4 Å². The van der Waals surface area contributed by atoms with Gasteiger partial charge in [0.05, 0.1) is 20.2 Å². The van der Waals surface area contributed by atoms with Crippen LogP contribution in [0, 0.1) is 0 Å². The topological polar surface area (TPSA) is 93.5 Å². The average molecular weight is 302 g/mol. The fraction of sp³-hybridized carbons (Fsp3) is 0.385. The number of ether oxygens (including phenoxy) is 1. The number of amides is 2. The summed E-state index contributed by atoms with van der Waals surface area (Å²) in [6, 6.07) is 7.63. The molecule has 0 radical (unpaired) electrons. The van der Waals surface area contributed by atoms with Gasteiger partial charge in [-0.25, -0.2) is 0 Å². The molecule has 0 aliphatic rings. The highest BCUT2D eigenvalue weighted by molar-refractivity contribution is 5.85. The summed E-state index contributed by atoms with van der Waals surface area (Å²) in [7, 11) is 1.61. The van der Waals surface area contributed by atoms with Gasteiger partial charge in [-0.05, 0) is 18.1 Å². The van der Waals surface area contributed by atoms with Crippen molar-refractivity contribution in [1.29, 1.82) is 0 Å². The molecule has 4 N–H and O–H groups in total. The molecule has 0 fully saturated rings. The number of hydrogen-bond acceptors (Lipinski definition) is 4. The SMILES string of the molecule is COc1ccccc1CCNC(=O)CNC(=O)CN.Cl. The minimum Gasteiger partial charge on any atom is -0.496 e. The van der Waals surface area contributed by atoms with E-state index in [1.165, 1.54) is 0 Å². The maximum Gasteiger partial charge on any atom is 0.239 e. The summed E-state index contributed by atoms with van der Waals surface area (Å²) in [5.74, 6) is 0.213. The number of hydrogen-bond donors (Lipinski definition) is 3. The first kappa shape index (κ1) is 18.2. The van der Waals surface area contributed by atoms with E-state index in [1.54, 1.807) is 7.11 Å². The van der Waals surface area contributed by atoms with E-state index in [2.05, 4.69) is 10.6 Å². The molecule has 20 heavy (non-hydrogen) atoms. The zero-order valence-corrected chi connectivity index (χ0v) is 12.2. The lowest BCUT2D eigenvalue weighted by molar-refractivity contribution is -0.125. The van der Waals surface area contributed by atoms with Crippen LogP contribution in [0.5, 0.6) is 5.75 Å². The second-order valence-electron chi connectivity index (χ2n) is 3.89. The Morgan fingerprint density at radius 1 is 1.20 bits per heavy atom. The van der Waals surface area contributed by atoms with Crippen LogP contribution in [0.4, 0.5) is 0 Å². The Bertz CT molecular complexity index is 441. The third-order valence-corrected chi connectivity index (χ3v) is 2.54. The molecule has 7 heteroatoms. The maximum absolute atomic E-state index is 11.4. The molecule has 0 aliphatic carbocycles. The lowest BCUT2D eigenvalue weighted by Gasteiger charge is -2.09. The number of carbonyl (C=O) groups is 2. The first-order valence-corrected chi connectivity index (χ1v) is 6.02. The van der Waals surface area contributed by atoms with E-state index < -0.39 is 0 Å². The molecule has 0 aromatic heterocycles. The van der Waals surface area contributed by atoms with E-state index in [4.69, 9.17) is 10.5 Å². The highest BCUT2D eigenvalue weighted by Gasteiger charge is 2.05. The third-order valence-electron chi connectivity index (χ3n) is 2.54. The van der Waals surface area contributed by atoms with Gasteiger partial charge in [0.1, 0.15) is 5.75 Å². The van der Waals surface area contributed by atoms with Crippen LogP contribution in [-0.4, -0.2) is 38.6 Å².